The van der Waals surface area contributed by atoms with Gasteiger partial charge >= 0.3 is 5.69 Å². The van der Waals surface area contributed by atoms with Gasteiger partial charge < -0.3 is 4.57 Å². The third-order valence-electron chi connectivity index (χ3n) is 5.72. The molecule has 7 nitrogen and oxygen atoms in total. The molecule has 3 heterocycles. The number of imidazole rings is 1. The van der Waals surface area contributed by atoms with Crippen molar-refractivity contribution in [1.29, 1.82) is 0 Å². The van der Waals surface area contributed by atoms with Gasteiger partial charge in [0, 0.05) is 33.7 Å². The lowest BCUT2D eigenvalue weighted by molar-refractivity contribution is 0.130. The summed E-state index contributed by atoms with van der Waals surface area (Å²) in [6, 6.07) is 0. The first kappa shape index (κ1) is 19.9. The molecule has 0 bridgehead atoms. The third-order valence-corrected chi connectivity index (χ3v) is 5.72. The average Bonchev–Trinajstić information content (AvgIpc) is 2.96. The lowest BCUT2D eigenvalue weighted by Crippen LogP contribution is -2.39. The molecule has 27 heavy (non-hydrogen) atoms. The first-order valence-corrected chi connectivity index (χ1v) is 10.2. The van der Waals surface area contributed by atoms with Gasteiger partial charge in [-0.05, 0) is 24.7 Å². The second-order valence-corrected chi connectivity index (χ2v) is 8.40. The lowest BCUT2D eigenvalue weighted by atomic mass is 9.92. The largest absolute Gasteiger partial charge is 0.332 e. The van der Waals surface area contributed by atoms with Crippen LogP contribution < -0.4 is 11.2 Å². The minimum absolute atomic E-state index is 0.247. The van der Waals surface area contributed by atoms with Gasteiger partial charge in [0.05, 0.1) is 6.54 Å². The minimum Gasteiger partial charge on any atom is -0.321 e. The van der Waals surface area contributed by atoms with E-state index in [1.54, 1.807) is 14.1 Å². The Bertz CT molecular complexity index is 913. The summed E-state index contributed by atoms with van der Waals surface area (Å²) in [5, 5.41) is 0. The number of piperidine rings is 1. The van der Waals surface area contributed by atoms with Gasteiger partial charge in [0.25, 0.3) is 5.56 Å². The van der Waals surface area contributed by atoms with Crippen molar-refractivity contribution in [1.82, 2.24) is 23.6 Å². The number of rotatable bonds is 6. The lowest BCUT2D eigenvalue weighted by Gasteiger charge is -2.34. The van der Waals surface area contributed by atoms with Crippen LogP contribution in [0, 0.1) is 11.8 Å². The fourth-order valence-corrected chi connectivity index (χ4v) is 4.49. The molecule has 0 spiro atoms. The summed E-state index contributed by atoms with van der Waals surface area (Å²) < 4.78 is 4.75. The Kier molecular flexibility index (Phi) is 5.89. The molecule has 1 fully saturated rings. The molecule has 1 aliphatic heterocycles. The monoisotopic (exact) mass is 375 g/mol. The summed E-state index contributed by atoms with van der Waals surface area (Å²) >= 11 is 0. The molecule has 2 atom stereocenters. The first-order chi connectivity index (χ1) is 12.8. The number of fused-ring (bicyclic) bond motifs is 1. The van der Waals surface area contributed by atoms with Crippen molar-refractivity contribution in [2.75, 3.05) is 13.1 Å². The second kappa shape index (κ2) is 8.00. The average molecular weight is 376 g/mol. The highest BCUT2D eigenvalue weighted by molar-refractivity contribution is 5.71. The van der Waals surface area contributed by atoms with E-state index >= 15 is 0 Å². The van der Waals surface area contributed by atoms with E-state index in [4.69, 9.17) is 4.98 Å². The zero-order chi connectivity index (χ0) is 19.7. The summed E-state index contributed by atoms with van der Waals surface area (Å²) in [5.41, 5.74) is 0.498. The van der Waals surface area contributed by atoms with Crippen LogP contribution in [0.15, 0.2) is 9.59 Å². The van der Waals surface area contributed by atoms with Crippen molar-refractivity contribution in [3.8, 4) is 0 Å². The number of likely N-dealkylation sites (tertiary alicyclic amines) is 1. The van der Waals surface area contributed by atoms with Crippen LogP contribution in [0.2, 0.25) is 0 Å². The zero-order valence-corrected chi connectivity index (χ0v) is 17.4. The van der Waals surface area contributed by atoms with Gasteiger partial charge in [0.2, 0.25) is 0 Å². The number of aromatic nitrogens is 4. The smallest absolute Gasteiger partial charge is 0.321 e. The van der Waals surface area contributed by atoms with E-state index in [1.807, 2.05) is 0 Å². The number of nitrogens with zero attached hydrogens (tertiary/aromatic N) is 5. The quantitative estimate of drug-likeness (QED) is 0.726. The molecule has 2 aromatic heterocycles. The summed E-state index contributed by atoms with van der Waals surface area (Å²) in [7, 11) is 3.24. The van der Waals surface area contributed by atoms with Gasteiger partial charge in [-0.1, -0.05) is 33.6 Å². The molecule has 0 unspecified atom stereocenters. The van der Waals surface area contributed by atoms with Crippen LogP contribution >= 0.6 is 0 Å². The van der Waals surface area contributed by atoms with E-state index in [1.165, 1.54) is 15.6 Å². The maximum absolute atomic E-state index is 12.8. The minimum atomic E-state index is -0.322. The Morgan fingerprint density at radius 3 is 2.33 bits per heavy atom. The van der Waals surface area contributed by atoms with Crippen molar-refractivity contribution in [2.45, 2.75) is 59.5 Å². The van der Waals surface area contributed by atoms with Crippen LogP contribution in [0.4, 0.5) is 0 Å². The Morgan fingerprint density at radius 1 is 1.04 bits per heavy atom. The van der Waals surface area contributed by atoms with E-state index in [0.29, 0.717) is 23.0 Å². The summed E-state index contributed by atoms with van der Waals surface area (Å²) in [6.07, 6.45) is 4.51. The normalized spacial score (nSPS) is 21.2. The summed E-state index contributed by atoms with van der Waals surface area (Å²) in [6.45, 7) is 10.4. The fourth-order valence-electron chi connectivity index (χ4n) is 4.49. The van der Waals surface area contributed by atoms with Crippen molar-refractivity contribution in [3.63, 3.8) is 0 Å². The molecule has 3 rings (SSSR count). The number of unbranched alkanes of at least 4 members (excludes halogenated alkanes) is 2. The molecule has 0 amide bonds. The number of hydrogen-bond acceptors (Lipinski definition) is 4. The molecule has 2 aromatic rings. The van der Waals surface area contributed by atoms with Gasteiger partial charge in [-0.2, -0.15) is 0 Å². The van der Waals surface area contributed by atoms with Crippen LogP contribution in [0.1, 0.15) is 52.3 Å². The van der Waals surface area contributed by atoms with Crippen LogP contribution in [-0.2, 0) is 27.2 Å². The SMILES string of the molecule is CCCCCn1c(CN2C[C@H](C)C[C@H](C)C2)nc2c1c(=O)n(C)c(=O)n2C. The van der Waals surface area contributed by atoms with Crippen molar-refractivity contribution >= 4 is 11.2 Å². The van der Waals surface area contributed by atoms with Crippen LogP contribution in [0.3, 0.4) is 0 Å². The standard InChI is InChI=1S/C20H33N5O2/c1-6-7-8-9-25-16(13-24-11-14(2)10-15(3)12-24)21-18-17(25)19(26)23(5)20(27)22(18)4/h14-15H,6-13H2,1-5H3/t14-,15+. The molecule has 1 saturated heterocycles. The predicted octanol–water partition coefficient (Wildman–Crippen LogP) is 2.10. The Hall–Kier alpha value is -1.89. The predicted molar refractivity (Wildman–Crippen MR) is 108 cm³/mol. The molecular weight excluding hydrogens is 342 g/mol. The topological polar surface area (TPSA) is 65.1 Å². The molecule has 0 N–H and O–H groups in total. The maximum atomic E-state index is 12.8. The molecule has 7 heteroatoms. The zero-order valence-electron chi connectivity index (χ0n) is 17.4. The van der Waals surface area contributed by atoms with E-state index in [-0.39, 0.29) is 11.2 Å². The van der Waals surface area contributed by atoms with E-state index in [0.717, 1.165) is 51.3 Å². The fraction of sp³-hybridized carbons (Fsp3) is 0.750. The Labute approximate surface area is 160 Å². The van der Waals surface area contributed by atoms with E-state index in [9.17, 15) is 9.59 Å². The number of hydrogen-bond donors (Lipinski definition) is 0. The van der Waals surface area contributed by atoms with Crippen LogP contribution in [0.25, 0.3) is 11.2 Å². The molecule has 0 aliphatic carbocycles. The van der Waals surface area contributed by atoms with Gasteiger partial charge in [-0.3, -0.25) is 18.8 Å². The Balaban J connectivity index is 2.06. The van der Waals surface area contributed by atoms with E-state index < -0.39 is 0 Å². The van der Waals surface area contributed by atoms with Gasteiger partial charge in [0.15, 0.2) is 11.2 Å². The highest BCUT2D eigenvalue weighted by Gasteiger charge is 2.25. The first-order valence-electron chi connectivity index (χ1n) is 10.2. The highest BCUT2D eigenvalue weighted by Crippen LogP contribution is 2.23. The summed E-state index contributed by atoms with van der Waals surface area (Å²) in [4.78, 5) is 32.4. The number of aryl methyl sites for hydroxylation is 2. The molecule has 0 aromatic carbocycles. The highest BCUT2D eigenvalue weighted by atomic mass is 16.2. The van der Waals surface area contributed by atoms with Gasteiger partial charge in [-0.25, -0.2) is 9.78 Å². The molecular formula is C20H33N5O2. The van der Waals surface area contributed by atoms with Crippen LogP contribution in [-0.4, -0.2) is 36.7 Å². The van der Waals surface area contributed by atoms with E-state index in [2.05, 4.69) is 30.2 Å². The van der Waals surface area contributed by atoms with Gasteiger partial charge in [-0.15, -0.1) is 0 Å². The molecule has 0 radical (unpaired) electrons. The maximum Gasteiger partial charge on any atom is 0.332 e. The molecule has 1 aliphatic rings. The van der Waals surface area contributed by atoms with Crippen LogP contribution in [0.5, 0.6) is 0 Å². The van der Waals surface area contributed by atoms with Crippen molar-refractivity contribution < 1.29 is 0 Å². The molecule has 0 saturated carbocycles. The summed E-state index contributed by atoms with van der Waals surface area (Å²) in [5.74, 6) is 2.24. The second-order valence-electron chi connectivity index (χ2n) is 8.40. The van der Waals surface area contributed by atoms with Crippen molar-refractivity contribution in [3.05, 3.63) is 26.7 Å². The van der Waals surface area contributed by atoms with Crippen molar-refractivity contribution in [2.24, 2.45) is 25.9 Å². The molecule has 150 valence electrons. The third kappa shape index (κ3) is 3.88. The van der Waals surface area contributed by atoms with Gasteiger partial charge in [0.1, 0.15) is 5.82 Å². The Morgan fingerprint density at radius 2 is 1.70 bits per heavy atom.